The molecule has 1 heterocycles. The minimum atomic E-state index is -0.835. The van der Waals surface area contributed by atoms with Gasteiger partial charge in [0, 0.05) is 5.69 Å². The summed E-state index contributed by atoms with van der Waals surface area (Å²) in [5.74, 6) is -1.20. The van der Waals surface area contributed by atoms with E-state index in [1.807, 2.05) is 19.1 Å². The van der Waals surface area contributed by atoms with Crippen molar-refractivity contribution in [2.45, 2.75) is 26.3 Å². The van der Waals surface area contributed by atoms with Crippen LogP contribution in [0.15, 0.2) is 48.5 Å². The first-order valence-corrected chi connectivity index (χ1v) is 7.87. The second-order valence-electron chi connectivity index (χ2n) is 5.81. The van der Waals surface area contributed by atoms with Crippen LogP contribution in [0.3, 0.4) is 0 Å². The fourth-order valence-electron chi connectivity index (χ4n) is 2.84. The van der Waals surface area contributed by atoms with Gasteiger partial charge in [0.2, 0.25) is 5.91 Å². The number of fused-ring (bicyclic) bond motifs is 1. The number of carbonyl (C=O) groups excluding carboxylic acids is 3. The second kappa shape index (κ2) is 6.28. The van der Waals surface area contributed by atoms with Crippen molar-refractivity contribution < 1.29 is 14.4 Å². The fraction of sp³-hybridized carbons (Fsp3) is 0.211. The zero-order valence-corrected chi connectivity index (χ0v) is 13.6. The number of hydrogen-bond acceptors (Lipinski definition) is 3. The molecule has 0 radical (unpaired) electrons. The van der Waals surface area contributed by atoms with E-state index in [1.165, 1.54) is 0 Å². The monoisotopic (exact) mass is 322 g/mol. The summed E-state index contributed by atoms with van der Waals surface area (Å²) in [5, 5.41) is 2.78. The Labute approximate surface area is 140 Å². The Morgan fingerprint density at radius 1 is 1.00 bits per heavy atom. The number of hydrogen-bond donors (Lipinski definition) is 1. The zero-order valence-electron chi connectivity index (χ0n) is 13.6. The van der Waals surface area contributed by atoms with Crippen LogP contribution in [0.25, 0.3) is 0 Å². The van der Waals surface area contributed by atoms with Crippen LogP contribution >= 0.6 is 0 Å². The number of anilines is 1. The average Bonchev–Trinajstić information content (AvgIpc) is 2.83. The highest BCUT2D eigenvalue weighted by atomic mass is 16.2. The normalized spacial score (nSPS) is 14.5. The van der Waals surface area contributed by atoms with Gasteiger partial charge >= 0.3 is 0 Å². The molecule has 3 rings (SSSR count). The Balaban J connectivity index is 1.84. The van der Waals surface area contributed by atoms with Crippen molar-refractivity contribution in [1.82, 2.24) is 4.90 Å². The highest BCUT2D eigenvalue weighted by molar-refractivity contribution is 6.23. The molecule has 0 aliphatic carbocycles. The first kappa shape index (κ1) is 15.9. The number of nitrogens with zero attached hydrogens (tertiary/aromatic N) is 1. The van der Waals surface area contributed by atoms with Gasteiger partial charge in [-0.2, -0.15) is 0 Å². The number of nitrogens with one attached hydrogen (secondary N) is 1. The molecule has 0 aromatic heterocycles. The Bertz CT molecular complexity index is 777. The quantitative estimate of drug-likeness (QED) is 0.880. The SMILES string of the molecule is CCC(C(=O)Nc1ccc(C)cc1)N1C(=O)c2ccccc2C1=O. The smallest absolute Gasteiger partial charge is 0.262 e. The van der Waals surface area contributed by atoms with Crippen LogP contribution in [-0.4, -0.2) is 28.7 Å². The van der Waals surface area contributed by atoms with Crippen molar-refractivity contribution >= 4 is 23.4 Å². The summed E-state index contributed by atoms with van der Waals surface area (Å²) in [6, 6.07) is 13.2. The van der Waals surface area contributed by atoms with Crippen LogP contribution in [-0.2, 0) is 4.79 Å². The number of aryl methyl sites for hydroxylation is 1. The highest BCUT2D eigenvalue weighted by Gasteiger charge is 2.41. The average molecular weight is 322 g/mol. The molecule has 0 saturated carbocycles. The number of rotatable bonds is 4. The van der Waals surface area contributed by atoms with E-state index in [1.54, 1.807) is 43.3 Å². The molecular formula is C19H18N2O3. The van der Waals surface area contributed by atoms with Gasteiger partial charge in [-0.25, -0.2) is 0 Å². The first-order valence-electron chi connectivity index (χ1n) is 7.87. The van der Waals surface area contributed by atoms with Crippen molar-refractivity contribution in [3.63, 3.8) is 0 Å². The number of carbonyl (C=O) groups is 3. The molecule has 1 aliphatic rings. The largest absolute Gasteiger partial charge is 0.324 e. The van der Waals surface area contributed by atoms with Crippen LogP contribution in [0.1, 0.15) is 39.6 Å². The molecule has 1 N–H and O–H groups in total. The highest BCUT2D eigenvalue weighted by Crippen LogP contribution is 2.26. The van der Waals surface area contributed by atoms with Gasteiger partial charge < -0.3 is 5.32 Å². The van der Waals surface area contributed by atoms with E-state index in [-0.39, 0.29) is 5.91 Å². The van der Waals surface area contributed by atoms with Crippen molar-refractivity contribution in [2.24, 2.45) is 0 Å². The molecule has 24 heavy (non-hydrogen) atoms. The van der Waals surface area contributed by atoms with Crippen molar-refractivity contribution in [3.8, 4) is 0 Å². The van der Waals surface area contributed by atoms with Crippen molar-refractivity contribution in [1.29, 1.82) is 0 Å². The standard InChI is InChI=1S/C19H18N2O3/c1-3-16(17(22)20-13-10-8-12(2)9-11-13)21-18(23)14-6-4-5-7-15(14)19(21)24/h4-11,16H,3H2,1-2H3,(H,20,22). The number of benzene rings is 2. The molecule has 0 fully saturated rings. The zero-order chi connectivity index (χ0) is 17.3. The predicted octanol–water partition coefficient (Wildman–Crippen LogP) is 3.01. The van der Waals surface area contributed by atoms with Crippen LogP contribution in [0, 0.1) is 6.92 Å². The lowest BCUT2D eigenvalue weighted by Gasteiger charge is -2.24. The Kier molecular flexibility index (Phi) is 4.16. The Morgan fingerprint density at radius 3 is 2.04 bits per heavy atom. The van der Waals surface area contributed by atoms with E-state index >= 15 is 0 Å². The van der Waals surface area contributed by atoms with Gasteiger partial charge in [-0.05, 0) is 37.6 Å². The lowest BCUT2D eigenvalue weighted by molar-refractivity contribution is -0.120. The molecule has 0 spiro atoms. The topological polar surface area (TPSA) is 66.5 Å². The van der Waals surface area contributed by atoms with Crippen molar-refractivity contribution in [3.05, 3.63) is 65.2 Å². The Hall–Kier alpha value is -2.95. The third-order valence-corrected chi connectivity index (χ3v) is 4.15. The molecule has 3 amide bonds. The van der Waals surface area contributed by atoms with Crippen LogP contribution in [0.2, 0.25) is 0 Å². The van der Waals surface area contributed by atoms with E-state index < -0.39 is 17.9 Å². The molecule has 1 aliphatic heterocycles. The summed E-state index contributed by atoms with van der Waals surface area (Å²) in [7, 11) is 0. The summed E-state index contributed by atoms with van der Waals surface area (Å²) >= 11 is 0. The molecule has 1 atom stereocenters. The molecule has 2 aromatic carbocycles. The minimum absolute atomic E-state index is 0.350. The summed E-state index contributed by atoms with van der Waals surface area (Å²) in [4.78, 5) is 38.7. The maximum atomic E-state index is 12.6. The summed E-state index contributed by atoms with van der Waals surface area (Å²) in [6.07, 6.45) is 0.350. The molecule has 0 saturated heterocycles. The molecular weight excluding hydrogens is 304 g/mol. The summed E-state index contributed by atoms with van der Waals surface area (Å²) in [6.45, 7) is 3.74. The Morgan fingerprint density at radius 2 is 1.54 bits per heavy atom. The fourth-order valence-corrected chi connectivity index (χ4v) is 2.84. The third-order valence-electron chi connectivity index (χ3n) is 4.15. The van der Waals surface area contributed by atoms with E-state index in [4.69, 9.17) is 0 Å². The molecule has 5 nitrogen and oxygen atoms in total. The molecule has 2 aromatic rings. The summed E-state index contributed by atoms with van der Waals surface area (Å²) in [5.41, 5.74) is 2.43. The second-order valence-corrected chi connectivity index (χ2v) is 5.81. The molecule has 1 unspecified atom stereocenters. The van der Waals surface area contributed by atoms with Gasteiger partial charge in [0.1, 0.15) is 6.04 Å². The van der Waals surface area contributed by atoms with Crippen molar-refractivity contribution in [2.75, 3.05) is 5.32 Å². The van der Waals surface area contributed by atoms with E-state index in [2.05, 4.69) is 5.32 Å². The summed E-state index contributed by atoms with van der Waals surface area (Å²) < 4.78 is 0. The van der Waals surface area contributed by atoms with E-state index in [0.29, 0.717) is 23.2 Å². The molecule has 5 heteroatoms. The van der Waals surface area contributed by atoms with Gasteiger partial charge in [0.05, 0.1) is 11.1 Å². The lowest BCUT2D eigenvalue weighted by atomic mass is 10.1. The van der Waals surface area contributed by atoms with E-state index in [9.17, 15) is 14.4 Å². The molecule has 0 bridgehead atoms. The van der Waals surface area contributed by atoms with Gasteiger partial charge in [0.25, 0.3) is 11.8 Å². The first-order chi connectivity index (χ1) is 11.5. The van der Waals surface area contributed by atoms with Crippen LogP contribution in [0.5, 0.6) is 0 Å². The maximum Gasteiger partial charge on any atom is 0.262 e. The van der Waals surface area contributed by atoms with Crippen LogP contribution in [0.4, 0.5) is 5.69 Å². The van der Waals surface area contributed by atoms with Gasteiger partial charge in [-0.15, -0.1) is 0 Å². The van der Waals surface area contributed by atoms with Gasteiger partial charge in [-0.1, -0.05) is 36.8 Å². The third kappa shape index (κ3) is 2.69. The van der Waals surface area contributed by atoms with E-state index in [0.717, 1.165) is 10.5 Å². The minimum Gasteiger partial charge on any atom is -0.324 e. The van der Waals surface area contributed by atoms with Gasteiger partial charge in [-0.3, -0.25) is 19.3 Å². The van der Waals surface area contributed by atoms with Crippen LogP contribution < -0.4 is 5.32 Å². The lowest BCUT2D eigenvalue weighted by Crippen LogP contribution is -2.46. The van der Waals surface area contributed by atoms with Gasteiger partial charge in [0.15, 0.2) is 0 Å². The maximum absolute atomic E-state index is 12.6. The number of imide groups is 1. The molecule has 122 valence electrons. The number of amides is 3. The predicted molar refractivity (Wildman–Crippen MR) is 90.8 cm³/mol.